The predicted molar refractivity (Wildman–Crippen MR) is 197 cm³/mol. The number of allylic oxidation sites excluding steroid dienone is 2. The van der Waals surface area contributed by atoms with Crippen molar-refractivity contribution in [3.8, 4) is 11.1 Å². The first-order valence-electron chi connectivity index (χ1n) is 16.2. The molecule has 0 spiro atoms. The molecule has 0 bridgehead atoms. The molecule has 10 rings (SSSR count). The van der Waals surface area contributed by atoms with Gasteiger partial charge >= 0.3 is 0 Å². The molecule has 2 aliphatic heterocycles. The van der Waals surface area contributed by atoms with Crippen molar-refractivity contribution in [1.82, 2.24) is 4.90 Å². The van der Waals surface area contributed by atoms with Gasteiger partial charge in [0.15, 0.2) is 0 Å². The summed E-state index contributed by atoms with van der Waals surface area (Å²) in [7, 11) is 0. The zero-order valence-corrected chi connectivity index (χ0v) is 25.6. The van der Waals surface area contributed by atoms with E-state index in [0.29, 0.717) is 0 Å². The van der Waals surface area contributed by atoms with Gasteiger partial charge in [0, 0.05) is 11.1 Å². The molecule has 2 heterocycles. The van der Waals surface area contributed by atoms with Crippen molar-refractivity contribution in [3.63, 3.8) is 0 Å². The smallest absolute Gasteiger partial charge is 0.142 e. The lowest BCUT2D eigenvalue weighted by molar-refractivity contribution is 0.514. The predicted octanol–water partition coefficient (Wildman–Crippen LogP) is 10.4. The normalized spacial score (nSPS) is 18.0. The summed E-state index contributed by atoms with van der Waals surface area (Å²) in [5.41, 5.74) is 7.88. The Hall–Kier alpha value is -6.06. The number of aliphatic imine (C=N–C) groups is 2. The highest BCUT2D eigenvalue weighted by Crippen LogP contribution is 2.40. The van der Waals surface area contributed by atoms with Crippen LogP contribution in [-0.4, -0.2) is 28.7 Å². The van der Waals surface area contributed by atoms with Crippen LogP contribution in [0.3, 0.4) is 0 Å². The van der Waals surface area contributed by atoms with E-state index in [1.54, 1.807) is 0 Å². The first-order valence-corrected chi connectivity index (χ1v) is 16.2. The molecule has 47 heavy (non-hydrogen) atoms. The Morgan fingerprint density at radius 1 is 0.468 bits per heavy atom. The largest absolute Gasteiger partial charge is 0.301 e. The number of rotatable bonds is 3. The zero-order chi connectivity index (χ0) is 30.9. The van der Waals surface area contributed by atoms with E-state index < -0.39 is 0 Å². The monoisotopic (exact) mass is 599 g/mol. The van der Waals surface area contributed by atoms with E-state index in [4.69, 9.17) is 9.98 Å². The van der Waals surface area contributed by atoms with Crippen molar-refractivity contribution >= 4 is 55.2 Å². The van der Waals surface area contributed by atoms with E-state index in [-0.39, 0.29) is 12.1 Å². The number of hydrogen-bond donors (Lipinski definition) is 0. The number of benzene rings is 7. The minimum Gasteiger partial charge on any atom is -0.301 e. The van der Waals surface area contributed by atoms with Crippen molar-refractivity contribution in [3.05, 3.63) is 181 Å². The number of nitrogens with zero attached hydrogens (tertiary/aromatic N) is 3. The summed E-state index contributed by atoms with van der Waals surface area (Å²) in [6, 6.07) is 52.3. The van der Waals surface area contributed by atoms with Gasteiger partial charge in [0.25, 0.3) is 0 Å². The highest BCUT2D eigenvalue weighted by Gasteiger charge is 2.41. The van der Waals surface area contributed by atoms with E-state index in [2.05, 4.69) is 169 Å². The van der Waals surface area contributed by atoms with Crippen molar-refractivity contribution in [2.45, 2.75) is 12.1 Å². The Balaban J connectivity index is 1.11. The highest BCUT2D eigenvalue weighted by molar-refractivity contribution is 6.22. The van der Waals surface area contributed by atoms with Gasteiger partial charge in [-0.2, -0.15) is 0 Å². The molecule has 3 nitrogen and oxygen atoms in total. The minimum absolute atomic E-state index is 0.0201. The second-order valence-corrected chi connectivity index (χ2v) is 12.6. The minimum atomic E-state index is -0.0201. The van der Waals surface area contributed by atoms with E-state index in [0.717, 1.165) is 34.0 Å². The fourth-order valence-electron chi connectivity index (χ4n) is 7.42. The summed E-state index contributed by atoms with van der Waals surface area (Å²) in [4.78, 5) is 13.2. The van der Waals surface area contributed by atoms with Crippen LogP contribution >= 0.6 is 0 Å². The molecule has 0 radical (unpaired) electrons. The van der Waals surface area contributed by atoms with E-state index >= 15 is 0 Å². The number of fused-ring (bicyclic) bond motifs is 8. The van der Waals surface area contributed by atoms with Crippen LogP contribution in [0.4, 0.5) is 5.69 Å². The maximum absolute atomic E-state index is 5.43. The fraction of sp³-hybridized carbons (Fsp3) is 0.0455. The lowest BCUT2D eigenvalue weighted by Crippen LogP contribution is -2.45. The van der Waals surface area contributed by atoms with Crippen LogP contribution in [0.5, 0.6) is 0 Å². The van der Waals surface area contributed by atoms with Gasteiger partial charge in [-0.05, 0) is 91.0 Å². The summed E-state index contributed by atoms with van der Waals surface area (Å²) in [5, 5.41) is 7.41. The average molecular weight is 600 g/mol. The molecule has 1 aliphatic carbocycles. The summed E-state index contributed by atoms with van der Waals surface area (Å²) >= 11 is 0. The van der Waals surface area contributed by atoms with E-state index in [1.165, 1.54) is 49.0 Å². The van der Waals surface area contributed by atoms with Gasteiger partial charge in [0.2, 0.25) is 0 Å². The molecule has 0 aromatic heterocycles. The standard InChI is InChI=1S/C44H29N3/c1-4-10-31-23-34(16-13-28(31)7-1)36-19-21-39-40(26-36)45-43(38-18-15-30-9-3-6-12-33(30)25-38)47-42-22-20-37(27-41(42)46-44(39)47)35-17-14-29-8-2-5-11-32(29)24-35/h1-27,41-42H. The molecule has 0 saturated heterocycles. The van der Waals surface area contributed by atoms with Crippen LogP contribution in [0, 0.1) is 0 Å². The maximum atomic E-state index is 5.43. The molecule has 2 atom stereocenters. The molecule has 220 valence electrons. The van der Waals surface area contributed by atoms with Gasteiger partial charge in [0.05, 0.1) is 17.8 Å². The first-order chi connectivity index (χ1) is 23.2. The van der Waals surface area contributed by atoms with Crippen LogP contribution in [0.15, 0.2) is 174 Å². The maximum Gasteiger partial charge on any atom is 0.142 e. The molecule has 7 aromatic carbocycles. The van der Waals surface area contributed by atoms with Gasteiger partial charge in [-0.1, -0.05) is 127 Å². The molecule has 0 fully saturated rings. The summed E-state index contributed by atoms with van der Waals surface area (Å²) < 4.78 is 0. The SMILES string of the molecule is C1=CC2C(C=C1c1ccc3ccccc3c1)N=C1c3ccc(-c4ccc5ccccc5c4)cc3N=C(c3ccc4ccccc4c3)N12. The Labute approximate surface area is 273 Å². The molecular weight excluding hydrogens is 571 g/mol. The van der Waals surface area contributed by atoms with Gasteiger partial charge in [0.1, 0.15) is 11.7 Å². The van der Waals surface area contributed by atoms with Crippen LogP contribution in [-0.2, 0) is 0 Å². The third kappa shape index (κ3) is 4.28. The van der Waals surface area contributed by atoms with Gasteiger partial charge in [-0.25, -0.2) is 4.99 Å². The Kier molecular flexibility index (Phi) is 5.70. The van der Waals surface area contributed by atoms with Crippen molar-refractivity contribution in [2.24, 2.45) is 9.98 Å². The lowest BCUT2D eigenvalue weighted by Gasteiger charge is -2.33. The Morgan fingerprint density at radius 3 is 1.68 bits per heavy atom. The van der Waals surface area contributed by atoms with Gasteiger partial charge in [-0.3, -0.25) is 4.99 Å². The summed E-state index contributed by atoms with van der Waals surface area (Å²) in [6.07, 6.45) is 6.91. The molecule has 3 aliphatic rings. The van der Waals surface area contributed by atoms with Crippen molar-refractivity contribution in [1.29, 1.82) is 0 Å². The van der Waals surface area contributed by atoms with Crippen LogP contribution in [0.25, 0.3) is 49.0 Å². The third-order valence-corrected chi connectivity index (χ3v) is 9.84. The molecular formula is C44H29N3. The highest BCUT2D eigenvalue weighted by atomic mass is 15.3. The summed E-state index contributed by atoms with van der Waals surface area (Å²) in [5.74, 6) is 1.93. The van der Waals surface area contributed by atoms with Crippen LogP contribution in [0.1, 0.15) is 16.7 Å². The lowest BCUT2D eigenvalue weighted by atomic mass is 9.92. The van der Waals surface area contributed by atoms with E-state index in [1.807, 2.05) is 0 Å². The van der Waals surface area contributed by atoms with Gasteiger partial charge < -0.3 is 4.90 Å². The molecule has 0 N–H and O–H groups in total. The first kappa shape index (κ1) is 26.2. The fourth-order valence-corrected chi connectivity index (χ4v) is 7.42. The molecule has 7 aromatic rings. The molecule has 0 saturated carbocycles. The quantitative estimate of drug-likeness (QED) is 0.199. The average Bonchev–Trinajstić information content (AvgIpc) is 3.53. The topological polar surface area (TPSA) is 28.0 Å². The van der Waals surface area contributed by atoms with Crippen LogP contribution < -0.4 is 0 Å². The molecule has 2 unspecified atom stereocenters. The Bertz CT molecular complexity index is 2550. The van der Waals surface area contributed by atoms with Crippen molar-refractivity contribution < 1.29 is 0 Å². The summed E-state index contributed by atoms with van der Waals surface area (Å²) in [6.45, 7) is 0. The van der Waals surface area contributed by atoms with Crippen molar-refractivity contribution in [2.75, 3.05) is 0 Å². The third-order valence-electron chi connectivity index (χ3n) is 9.84. The molecule has 3 heteroatoms. The van der Waals surface area contributed by atoms with E-state index in [9.17, 15) is 0 Å². The number of amidine groups is 2. The zero-order valence-electron chi connectivity index (χ0n) is 25.6. The second-order valence-electron chi connectivity index (χ2n) is 12.6. The second kappa shape index (κ2) is 10.2. The van der Waals surface area contributed by atoms with Crippen LogP contribution in [0.2, 0.25) is 0 Å². The Morgan fingerprint density at radius 2 is 1.00 bits per heavy atom. The van der Waals surface area contributed by atoms with Gasteiger partial charge in [-0.15, -0.1) is 0 Å². The number of hydrogen-bond acceptors (Lipinski definition) is 3. The molecule has 0 amide bonds.